The molecule has 2 aliphatic rings. The molecule has 48 heavy (non-hydrogen) atoms. The molecule has 4 aromatic heterocycles. The van der Waals surface area contributed by atoms with Crippen molar-refractivity contribution in [1.82, 2.24) is 19.1 Å². The highest BCUT2D eigenvalue weighted by Gasteiger charge is 2.44. The van der Waals surface area contributed by atoms with Crippen LogP contribution in [0.25, 0.3) is 55.5 Å². The number of hydrogen-bond acceptors (Lipinski definition) is 3. The molecule has 0 unspecified atom stereocenters. The molecular weight excluding hydrogens is 585 g/mol. The van der Waals surface area contributed by atoms with Crippen molar-refractivity contribution in [2.75, 3.05) is 4.90 Å². The van der Waals surface area contributed by atoms with Gasteiger partial charge in [-0.25, -0.2) is 0 Å². The summed E-state index contributed by atoms with van der Waals surface area (Å²) in [6.07, 6.45) is 3.89. The first-order valence-electron chi connectivity index (χ1n) is 16.4. The first-order valence-corrected chi connectivity index (χ1v) is 16.4. The van der Waals surface area contributed by atoms with E-state index in [1.54, 1.807) is 0 Å². The van der Waals surface area contributed by atoms with E-state index in [4.69, 9.17) is 9.97 Å². The van der Waals surface area contributed by atoms with E-state index in [-0.39, 0.29) is 6.71 Å². The quantitative estimate of drug-likeness (QED) is 0.192. The average molecular weight is 612 g/mol. The molecule has 5 nitrogen and oxygen atoms in total. The van der Waals surface area contributed by atoms with Gasteiger partial charge in [0.05, 0.1) is 16.7 Å². The summed E-state index contributed by atoms with van der Waals surface area (Å²) in [4.78, 5) is 12.5. The van der Waals surface area contributed by atoms with E-state index in [1.807, 2.05) is 18.5 Å². The molecular formula is C42H26BN5. The van der Waals surface area contributed by atoms with Crippen LogP contribution in [-0.2, 0) is 0 Å². The van der Waals surface area contributed by atoms with E-state index in [0.717, 1.165) is 45.2 Å². The van der Waals surface area contributed by atoms with Gasteiger partial charge in [-0.1, -0.05) is 78.9 Å². The van der Waals surface area contributed by atoms with Crippen LogP contribution in [0.2, 0.25) is 0 Å². The lowest BCUT2D eigenvalue weighted by Crippen LogP contribution is -2.61. The summed E-state index contributed by atoms with van der Waals surface area (Å²) in [5.41, 5.74) is 14.9. The fraction of sp³-hybridized carbons (Fsp3) is 0. The predicted molar refractivity (Wildman–Crippen MR) is 198 cm³/mol. The van der Waals surface area contributed by atoms with Crippen LogP contribution in [0.5, 0.6) is 0 Å². The van der Waals surface area contributed by atoms with Gasteiger partial charge in [0.1, 0.15) is 5.65 Å². The molecule has 0 radical (unpaired) electrons. The third-order valence-electron chi connectivity index (χ3n) is 10.2. The summed E-state index contributed by atoms with van der Waals surface area (Å²) in [7, 11) is 0. The van der Waals surface area contributed by atoms with Crippen molar-refractivity contribution in [2.24, 2.45) is 0 Å². The van der Waals surface area contributed by atoms with Gasteiger partial charge >= 0.3 is 0 Å². The van der Waals surface area contributed by atoms with Crippen LogP contribution in [0.3, 0.4) is 0 Å². The second-order valence-corrected chi connectivity index (χ2v) is 12.6. The Morgan fingerprint density at radius 1 is 0.521 bits per heavy atom. The van der Waals surface area contributed by atoms with E-state index in [2.05, 4.69) is 154 Å². The van der Waals surface area contributed by atoms with Crippen molar-refractivity contribution in [1.29, 1.82) is 0 Å². The van der Waals surface area contributed by atoms with Gasteiger partial charge in [-0.2, -0.15) is 0 Å². The van der Waals surface area contributed by atoms with Gasteiger partial charge in [-0.3, -0.25) is 19.1 Å². The fourth-order valence-electron chi connectivity index (χ4n) is 8.33. The van der Waals surface area contributed by atoms with Gasteiger partial charge in [0.2, 0.25) is 0 Å². The van der Waals surface area contributed by atoms with Gasteiger partial charge in [-0.05, 0) is 77.7 Å². The molecule has 0 saturated heterocycles. The Morgan fingerprint density at radius 3 is 2.08 bits per heavy atom. The normalized spacial score (nSPS) is 12.9. The number of hydrogen-bond donors (Lipinski definition) is 0. The summed E-state index contributed by atoms with van der Waals surface area (Å²) in [6.45, 7) is -0.0319. The number of pyridine rings is 2. The van der Waals surface area contributed by atoms with Crippen molar-refractivity contribution >= 4 is 73.1 Å². The zero-order valence-corrected chi connectivity index (χ0v) is 25.8. The van der Waals surface area contributed by atoms with Gasteiger partial charge in [0.25, 0.3) is 6.71 Å². The number of fused-ring (bicyclic) bond motifs is 9. The molecule has 0 aliphatic carbocycles. The van der Waals surface area contributed by atoms with Crippen LogP contribution in [-0.4, -0.2) is 25.8 Å². The Morgan fingerprint density at radius 2 is 1.25 bits per heavy atom. The van der Waals surface area contributed by atoms with Gasteiger partial charge < -0.3 is 4.90 Å². The molecule has 222 valence electrons. The van der Waals surface area contributed by atoms with Gasteiger partial charge in [-0.15, -0.1) is 0 Å². The number of rotatable bonds is 3. The fourth-order valence-corrected chi connectivity index (χ4v) is 8.33. The standard InChI is InChI=1S/C42H26BN5/c1-3-13-28(14-4-1)46-35-21-10-8-18-32(35)43-39-36(46)25-27(33-19-11-12-23-44-33)26-37(39)48-40-31(22-24-45-41(40)43)38-30-17-7-9-20-34(30)47(42(38)48)29-15-5-2-6-16-29/h1-26H. The number of anilines is 3. The van der Waals surface area contributed by atoms with E-state index in [1.165, 1.54) is 43.8 Å². The molecule has 0 N–H and O–H groups in total. The third-order valence-corrected chi connectivity index (χ3v) is 10.2. The second kappa shape index (κ2) is 9.56. The maximum absolute atomic E-state index is 5.24. The summed E-state index contributed by atoms with van der Waals surface area (Å²) >= 11 is 0. The van der Waals surface area contributed by atoms with E-state index < -0.39 is 0 Å². The second-order valence-electron chi connectivity index (χ2n) is 12.6. The van der Waals surface area contributed by atoms with Crippen LogP contribution in [0.1, 0.15) is 0 Å². The summed E-state index contributed by atoms with van der Waals surface area (Å²) < 4.78 is 4.93. The van der Waals surface area contributed by atoms with Crippen LogP contribution in [0.4, 0.5) is 17.1 Å². The largest absolute Gasteiger partial charge is 0.311 e. The third kappa shape index (κ3) is 3.31. The zero-order chi connectivity index (χ0) is 31.3. The highest BCUT2D eigenvalue weighted by Crippen LogP contribution is 2.45. The molecule has 0 fully saturated rings. The Hall–Kier alpha value is -6.40. The molecule has 11 rings (SSSR count). The van der Waals surface area contributed by atoms with Crippen LogP contribution < -0.4 is 21.4 Å². The van der Waals surface area contributed by atoms with Crippen molar-refractivity contribution in [3.05, 3.63) is 158 Å². The number of aromatic nitrogens is 4. The summed E-state index contributed by atoms with van der Waals surface area (Å²) in [5.74, 6) is 0. The van der Waals surface area contributed by atoms with Crippen molar-refractivity contribution in [2.45, 2.75) is 0 Å². The minimum atomic E-state index is -0.0319. The Labute approximate surface area is 277 Å². The minimum absolute atomic E-state index is 0.0319. The van der Waals surface area contributed by atoms with E-state index in [9.17, 15) is 0 Å². The van der Waals surface area contributed by atoms with Crippen LogP contribution in [0, 0.1) is 0 Å². The highest BCUT2D eigenvalue weighted by molar-refractivity contribution is 6.99. The number of benzene rings is 5. The molecule has 0 spiro atoms. The van der Waals surface area contributed by atoms with Gasteiger partial charge in [0.15, 0.2) is 0 Å². The first-order chi connectivity index (χ1) is 23.9. The number of nitrogens with zero attached hydrogens (tertiary/aromatic N) is 5. The lowest BCUT2D eigenvalue weighted by molar-refractivity contribution is 1.07. The van der Waals surface area contributed by atoms with Crippen molar-refractivity contribution in [3.63, 3.8) is 0 Å². The molecule has 0 bridgehead atoms. The molecule has 6 heteroatoms. The lowest BCUT2D eigenvalue weighted by Gasteiger charge is -2.40. The van der Waals surface area contributed by atoms with Gasteiger partial charge in [0, 0.05) is 68.1 Å². The van der Waals surface area contributed by atoms with Crippen LogP contribution in [0.15, 0.2) is 158 Å². The molecule has 9 aromatic rings. The number of para-hydroxylation sites is 4. The molecule has 2 aliphatic heterocycles. The maximum Gasteiger partial charge on any atom is 0.275 e. The molecule has 5 aromatic carbocycles. The molecule has 0 saturated carbocycles. The minimum Gasteiger partial charge on any atom is -0.311 e. The van der Waals surface area contributed by atoms with E-state index >= 15 is 0 Å². The SMILES string of the molecule is c1ccc(N2c3ccccc3B3c4c2cc(-c2ccccn2)cc4-n2c4c3nccc4c3c4ccccc4n(-c4ccccc4)c32)cc1. The van der Waals surface area contributed by atoms with E-state index in [0.29, 0.717) is 0 Å². The maximum atomic E-state index is 5.24. The van der Waals surface area contributed by atoms with Crippen molar-refractivity contribution < 1.29 is 0 Å². The zero-order valence-electron chi connectivity index (χ0n) is 25.8. The topological polar surface area (TPSA) is 38.9 Å². The average Bonchev–Trinajstić information content (AvgIpc) is 3.68. The first kappa shape index (κ1) is 25.8. The monoisotopic (exact) mass is 611 g/mol. The predicted octanol–water partition coefficient (Wildman–Crippen LogP) is 7.80. The Kier molecular flexibility index (Phi) is 5.13. The highest BCUT2D eigenvalue weighted by atomic mass is 15.2. The molecule has 0 amide bonds. The molecule has 6 heterocycles. The lowest BCUT2D eigenvalue weighted by atomic mass is 9.35. The Balaban J connectivity index is 1.38. The Bertz CT molecular complexity index is 2730. The summed E-state index contributed by atoms with van der Waals surface area (Å²) in [5, 5.41) is 3.70. The van der Waals surface area contributed by atoms with Crippen molar-refractivity contribution in [3.8, 4) is 22.6 Å². The smallest absolute Gasteiger partial charge is 0.275 e. The van der Waals surface area contributed by atoms with Crippen LogP contribution >= 0.6 is 0 Å². The molecule has 0 atom stereocenters. The summed E-state index contributed by atoms with van der Waals surface area (Å²) in [6, 6.07) is 52.1.